The van der Waals surface area contributed by atoms with E-state index < -0.39 is 6.16 Å². The molecule has 0 heterocycles. The first-order valence-electron chi connectivity index (χ1n) is 7.88. The van der Waals surface area contributed by atoms with Crippen molar-refractivity contribution >= 4 is 6.16 Å². The van der Waals surface area contributed by atoms with Gasteiger partial charge in [-0.2, -0.15) is 0 Å². The molecule has 0 radical (unpaired) electrons. The molecule has 0 unspecified atom stereocenters. The highest BCUT2D eigenvalue weighted by Gasteiger charge is 2.17. The minimum Gasteiger partial charge on any atom is -0.434 e. The lowest BCUT2D eigenvalue weighted by atomic mass is 9.97. The second kappa shape index (κ2) is 7.47. The van der Waals surface area contributed by atoms with E-state index in [1.807, 2.05) is 78.9 Å². The topological polar surface area (TPSA) is 35.5 Å². The molecule has 0 amide bonds. The highest BCUT2D eigenvalue weighted by molar-refractivity contribution is 5.85. The van der Waals surface area contributed by atoms with Crippen LogP contribution >= 0.6 is 0 Å². The quantitative estimate of drug-likeness (QED) is 0.467. The average Bonchev–Trinajstić information content (AvgIpc) is 2.63. The second-order valence-electron chi connectivity index (χ2n) is 5.20. The van der Waals surface area contributed by atoms with Crippen LogP contribution in [-0.4, -0.2) is 12.8 Å². The third-order valence-electron chi connectivity index (χ3n) is 3.63. The van der Waals surface area contributed by atoms with Gasteiger partial charge in [-0.1, -0.05) is 78.9 Å². The van der Waals surface area contributed by atoms with E-state index in [0.717, 1.165) is 22.3 Å². The Balaban J connectivity index is 2.14. The van der Waals surface area contributed by atoms with Gasteiger partial charge < -0.3 is 9.47 Å². The second-order valence-corrected chi connectivity index (χ2v) is 5.20. The molecule has 3 heteroatoms. The van der Waals surface area contributed by atoms with Gasteiger partial charge in [-0.15, -0.1) is 0 Å². The van der Waals surface area contributed by atoms with Gasteiger partial charge in [0.25, 0.3) is 0 Å². The summed E-state index contributed by atoms with van der Waals surface area (Å²) in [5, 5.41) is 0. The van der Waals surface area contributed by atoms with Crippen molar-refractivity contribution < 1.29 is 14.3 Å². The van der Waals surface area contributed by atoms with Gasteiger partial charge in [0.1, 0.15) is 5.75 Å². The molecule has 0 bridgehead atoms. The number of carbonyl (C=O) groups is 1. The van der Waals surface area contributed by atoms with Crippen molar-refractivity contribution in [1.29, 1.82) is 0 Å². The van der Waals surface area contributed by atoms with Crippen molar-refractivity contribution in [2.75, 3.05) is 6.61 Å². The first-order valence-corrected chi connectivity index (χ1v) is 7.88. The van der Waals surface area contributed by atoms with Crippen LogP contribution in [0.25, 0.3) is 22.3 Å². The average molecular weight is 318 g/mol. The van der Waals surface area contributed by atoms with E-state index in [1.165, 1.54) is 0 Å². The molecular weight excluding hydrogens is 300 g/mol. The number of carbonyl (C=O) groups excluding carboxylic acids is 1. The lowest BCUT2D eigenvalue weighted by Crippen LogP contribution is -2.11. The Hall–Kier alpha value is -3.07. The summed E-state index contributed by atoms with van der Waals surface area (Å²) >= 11 is 0. The van der Waals surface area contributed by atoms with Crippen molar-refractivity contribution in [2.45, 2.75) is 6.92 Å². The number of rotatable bonds is 4. The first-order chi connectivity index (χ1) is 11.8. The van der Waals surface area contributed by atoms with Crippen LogP contribution in [0.4, 0.5) is 4.79 Å². The van der Waals surface area contributed by atoms with Crippen LogP contribution in [0.15, 0.2) is 78.9 Å². The molecule has 3 nitrogen and oxygen atoms in total. The molecule has 0 atom stereocenters. The molecule has 3 rings (SSSR count). The van der Waals surface area contributed by atoms with Gasteiger partial charge in [0.05, 0.1) is 6.61 Å². The Morgan fingerprint density at radius 2 is 1.25 bits per heavy atom. The van der Waals surface area contributed by atoms with Gasteiger partial charge in [-0.05, 0) is 18.1 Å². The van der Waals surface area contributed by atoms with E-state index >= 15 is 0 Å². The highest BCUT2D eigenvalue weighted by Crippen LogP contribution is 2.39. The summed E-state index contributed by atoms with van der Waals surface area (Å²) in [5.74, 6) is 0.508. The number of ether oxygens (including phenoxy) is 2. The van der Waals surface area contributed by atoms with Gasteiger partial charge in [0, 0.05) is 11.1 Å². The number of para-hydroxylation sites is 1. The maximum Gasteiger partial charge on any atom is 0.513 e. The Morgan fingerprint density at radius 3 is 1.71 bits per heavy atom. The van der Waals surface area contributed by atoms with Gasteiger partial charge in [0.2, 0.25) is 0 Å². The minimum absolute atomic E-state index is 0.271. The molecule has 0 N–H and O–H groups in total. The maximum atomic E-state index is 11.9. The molecule has 0 spiro atoms. The van der Waals surface area contributed by atoms with Crippen LogP contribution in [0.3, 0.4) is 0 Å². The molecule has 0 aromatic heterocycles. The molecule has 0 aliphatic heterocycles. The minimum atomic E-state index is -0.696. The van der Waals surface area contributed by atoms with Crippen molar-refractivity contribution in [1.82, 2.24) is 0 Å². The molecule has 0 aliphatic carbocycles. The van der Waals surface area contributed by atoms with E-state index in [9.17, 15) is 4.79 Å². The van der Waals surface area contributed by atoms with E-state index in [1.54, 1.807) is 6.92 Å². The molecule has 24 heavy (non-hydrogen) atoms. The molecule has 3 aromatic rings. The van der Waals surface area contributed by atoms with Crippen LogP contribution < -0.4 is 4.74 Å². The largest absolute Gasteiger partial charge is 0.513 e. The lowest BCUT2D eigenvalue weighted by Gasteiger charge is -2.15. The molecule has 0 saturated carbocycles. The highest BCUT2D eigenvalue weighted by atomic mass is 16.7. The van der Waals surface area contributed by atoms with Crippen LogP contribution in [0.2, 0.25) is 0 Å². The Morgan fingerprint density at radius 1 is 0.750 bits per heavy atom. The third kappa shape index (κ3) is 3.46. The van der Waals surface area contributed by atoms with Crippen LogP contribution in [0, 0.1) is 0 Å². The van der Waals surface area contributed by atoms with Crippen LogP contribution in [-0.2, 0) is 4.74 Å². The summed E-state index contributed by atoms with van der Waals surface area (Å²) in [6.07, 6.45) is -0.696. The fourth-order valence-corrected chi connectivity index (χ4v) is 2.57. The number of hydrogen-bond acceptors (Lipinski definition) is 3. The zero-order valence-corrected chi connectivity index (χ0v) is 13.4. The predicted molar refractivity (Wildman–Crippen MR) is 95.0 cm³/mol. The normalized spacial score (nSPS) is 10.2. The summed E-state index contributed by atoms with van der Waals surface area (Å²) in [4.78, 5) is 11.9. The van der Waals surface area contributed by atoms with Crippen molar-refractivity contribution in [3.63, 3.8) is 0 Å². The molecule has 0 fully saturated rings. The standard InChI is InChI=1S/C21H18O3/c1-2-23-21(22)24-20-18(16-10-5-3-6-11-16)14-9-15-19(20)17-12-7-4-8-13-17/h3-15H,2H2,1H3. The van der Waals surface area contributed by atoms with Gasteiger partial charge >= 0.3 is 6.16 Å². The predicted octanol–water partition coefficient (Wildman–Crippen LogP) is 5.56. The Kier molecular flexibility index (Phi) is 4.92. The summed E-state index contributed by atoms with van der Waals surface area (Å²) in [6.45, 7) is 2.02. The monoisotopic (exact) mass is 318 g/mol. The van der Waals surface area contributed by atoms with E-state index in [-0.39, 0.29) is 6.61 Å². The van der Waals surface area contributed by atoms with E-state index in [0.29, 0.717) is 5.75 Å². The smallest absolute Gasteiger partial charge is 0.434 e. The summed E-state index contributed by atoms with van der Waals surface area (Å²) in [5.41, 5.74) is 3.67. The Labute approximate surface area is 141 Å². The van der Waals surface area contributed by atoms with Crippen molar-refractivity contribution in [3.8, 4) is 28.0 Å². The fraction of sp³-hybridized carbons (Fsp3) is 0.0952. The molecule has 0 saturated heterocycles. The van der Waals surface area contributed by atoms with Crippen molar-refractivity contribution in [2.24, 2.45) is 0 Å². The molecular formula is C21H18O3. The zero-order valence-electron chi connectivity index (χ0n) is 13.4. The summed E-state index contributed by atoms with van der Waals surface area (Å²) in [7, 11) is 0. The molecule has 120 valence electrons. The van der Waals surface area contributed by atoms with Gasteiger partial charge in [-0.25, -0.2) is 4.79 Å². The maximum absolute atomic E-state index is 11.9. The van der Waals surface area contributed by atoms with Crippen LogP contribution in [0.1, 0.15) is 6.92 Å². The van der Waals surface area contributed by atoms with Crippen molar-refractivity contribution in [3.05, 3.63) is 78.9 Å². The Bertz CT molecular complexity index is 753. The first kappa shape index (κ1) is 15.8. The summed E-state index contributed by atoms with van der Waals surface area (Å²) in [6, 6.07) is 25.5. The molecule has 3 aromatic carbocycles. The molecule has 0 aliphatic rings. The lowest BCUT2D eigenvalue weighted by molar-refractivity contribution is 0.104. The number of hydrogen-bond donors (Lipinski definition) is 0. The van der Waals surface area contributed by atoms with Gasteiger partial charge in [0.15, 0.2) is 0 Å². The van der Waals surface area contributed by atoms with E-state index in [2.05, 4.69) is 0 Å². The number of benzene rings is 3. The third-order valence-corrected chi connectivity index (χ3v) is 3.63. The SMILES string of the molecule is CCOC(=O)Oc1c(-c2ccccc2)cccc1-c1ccccc1. The zero-order chi connectivity index (χ0) is 16.8. The van der Waals surface area contributed by atoms with E-state index in [4.69, 9.17) is 9.47 Å². The van der Waals surface area contributed by atoms with Gasteiger partial charge in [-0.3, -0.25) is 0 Å². The summed E-state index contributed by atoms with van der Waals surface area (Å²) < 4.78 is 10.5. The fourth-order valence-electron chi connectivity index (χ4n) is 2.57. The van der Waals surface area contributed by atoms with Crippen LogP contribution in [0.5, 0.6) is 5.75 Å².